The minimum Gasteiger partial charge on any atom is -0.368 e. The number of para-hydroxylation sites is 1. The largest absolute Gasteiger partial charge is 0.368 e. The standard InChI is InChI=1S/C19H26N3O3/c23-15-22(25)14-19(8-9-19)7-6-17(22)18(24)21-12-10-20(11-13-21)16-4-2-1-3-5-16/h1-5,15,17,25H,6-14H2/q+1/t17-,22?/m0/s1. The third-order valence-corrected chi connectivity index (χ3v) is 6.21. The molecular weight excluding hydrogens is 318 g/mol. The van der Waals surface area contributed by atoms with Crippen LogP contribution in [-0.4, -0.2) is 65.8 Å². The lowest BCUT2D eigenvalue weighted by Crippen LogP contribution is -2.64. The molecule has 25 heavy (non-hydrogen) atoms. The number of nitrogens with zero attached hydrogens (tertiary/aromatic N) is 3. The van der Waals surface area contributed by atoms with Crippen LogP contribution in [0.2, 0.25) is 0 Å². The molecular formula is C19H26N3O3+. The summed E-state index contributed by atoms with van der Waals surface area (Å²) < 4.78 is -0.724. The first-order valence-corrected chi connectivity index (χ1v) is 9.21. The van der Waals surface area contributed by atoms with Crippen LogP contribution in [-0.2, 0) is 9.59 Å². The van der Waals surface area contributed by atoms with Crippen LogP contribution in [0.1, 0.15) is 25.7 Å². The molecule has 2 heterocycles. The average molecular weight is 344 g/mol. The molecule has 3 fully saturated rings. The van der Waals surface area contributed by atoms with Crippen LogP contribution in [0.15, 0.2) is 30.3 Å². The molecule has 0 bridgehead atoms. The zero-order valence-electron chi connectivity index (χ0n) is 14.5. The molecule has 1 N–H and O–H groups in total. The highest BCUT2D eigenvalue weighted by Gasteiger charge is 2.59. The van der Waals surface area contributed by atoms with Gasteiger partial charge in [0.1, 0.15) is 6.54 Å². The Morgan fingerprint density at radius 1 is 1.12 bits per heavy atom. The summed E-state index contributed by atoms with van der Waals surface area (Å²) in [4.78, 5) is 28.6. The van der Waals surface area contributed by atoms with E-state index in [0.29, 0.717) is 32.5 Å². The lowest BCUT2D eigenvalue weighted by molar-refractivity contribution is -1.05. The number of amides is 2. The van der Waals surface area contributed by atoms with Gasteiger partial charge >= 0.3 is 6.41 Å². The number of benzene rings is 1. The molecule has 134 valence electrons. The van der Waals surface area contributed by atoms with Crippen molar-refractivity contribution >= 4 is 18.0 Å². The van der Waals surface area contributed by atoms with Crippen molar-refractivity contribution in [3.63, 3.8) is 0 Å². The third-order valence-electron chi connectivity index (χ3n) is 6.21. The monoisotopic (exact) mass is 344 g/mol. The maximum atomic E-state index is 13.0. The van der Waals surface area contributed by atoms with Crippen molar-refractivity contribution in [1.82, 2.24) is 4.90 Å². The number of piperazine rings is 1. The maximum Gasteiger partial charge on any atom is 0.334 e. The van der Waals surface area contributed by atoms with Gasteiger partial charge in [0, 0.05) is 43.7 Å². The van der Waals surface area contributed by atoms with E-state index >= 15 is 0 Å². The average Bonchev–Trinajstić information content (AvgIpc) is 3.40. The Hall–Kier alpha value is -1.92. The van der Waals surface area contributed by atoms with Gasteiger partial charge in [-0.05, 0) is 31.4 Å². The fraction of sp³-hybridized carbons (Fsp3) is 0.579. The SMILES string of the molecule is O=C[N+]1(O)CC2(CC[C@H]1C(=O)N1CCN(c3ccccc3)CC1)CC2. The van der Waals surface area contributed by atoms with Gasteiger partial charge < -0.3 is 9.80 Å². The number of carbonyl (C=O) groups excluding carboxylic acids is 2. The van der Waals surface area contributed by atoms with Crippen molar-refractivity contribution in [1.29, 1.82) is 0 Å². The molecule has 6 nitrogen and oxygen atoms in total. The van der Waals surface area contributed by atoms with E-state index in [2.05, 4.69) is 17.0 Å². The molecule has 2 atom stereocenters. The molecule has 1 aromatic rings. The van der Waals surface area contributed by atoms with E-state index in [1.807, 2.05) is 23.1 Å². The van der Waals surface area contributed by atoms with Gasteiger partial charge in [-0.1, -0.05) is 18.2 Å². The molecule has 3 aliphatic rings. The smallest absolute Gasteiger partial charge is 0.334 e. The van der Waals surface area contributed by atoms with E-state index in [4.69, 9.17) is 0 Å². The van der Waals surface area contributed by atoms with Crippen LogP contribution in [0.4, 0.5) is 5.69 Å². The van der Waals surface area contributed by atoms with Crippen molar-refractivity contribution in [2.45, 2.75) is 31.7 Å². The first kappa shape index (κ1) is 16.5. The second-order valence-electron chi connectivity index (χ2n) is 7.85. The van der Waals surface area contributed by atoms with E-state index in [0.717, 1.165) is 32.4 Å². The summed E-state index contributed by atoms with van der Waals surface area (Å²) in [5.41, 5.74) is 1.28. The predicted molar refractivity (Wildman–Crippen MR) is 92.9 cm³/mol. The van der Waals surface area contributed by atoms with Crippen molar-refractivity contribution in [2.75, 3.05) is 37.6 Å². The van der Waals surface area contributed by atoms with Gasteiger partial charge in [0.05, 0.1) is 0 Å². The van der Waals surface area contributed by atoms with E-state index in [-0.39, 0.29) is 11.3 Å². The topological polar surface area (TPSA) is 60.9 Å². The second kappa shape index (κ2) is 6.11. The number of carbonyl (C=O) groups is 2. The first-order chi connectivity index (χ1) is 12.1. The molecule has 1 spiro atoms. The molecule has 2 aliphatic heterocycles. The molecule has 1 unspecified atom stereocenters. The van der Waals surface area contributed by atoms with Gasteiger partial charge in [0.25, 0.3) is 5.91 Å². The molecule has 1 saturated carbocycles. The molecule has 2 amide bonds. The van der Waals surface area contributed by atoms with E-state index in [1.165, 1.54) is 5.69 Å². The number of hydrogen-bond acceptors (Lipinski definition) is 4. The highest BCUT2D eigenvalue weighted by Crippen LogP contribution is 2.54. The summed E-state index contributed by atoms with van der Waals surface area (Å²) in [6.07, 6.45) is 4.26. The lowest BCUT2D eigenvalue weighted by Gasteiger charge is -2.42. The Labute approximate surface area is 148 Å². The highest BCUT2D eigenvalue weighted by atomic mass is 16.6. The Morgan fingerprint density at radius 3 is 2.40 bits per heavy atom. The Morgan fingerprint density at radius 2 is 1.80 bits per heavy atom. The summed E-state index contributed by atoms with van der Waals surface area (Å²) in [5, 5.41) is 10.8. The Kier molecular flexibility index (Phi) is 4.04. The van der Waals surface area contributed by atoms with Crippen molar-refractivity contribution in [3.05, 3.63) is 30.3 Å². The van der Waals surface area contributed by atoms with Crippen LogP contribution in [0.25, 0.3) is 0 Å². The van der Waals surface area contributed by atoms with Crippen LogP contribution in [0.5, 0.6) is 0 Å². The van der Waals surface area contributed by atoms with Crippen LogP contribution < -0.4 is 4.90 Å². The van der Waals surface area contributed by atoms with Crippen molar-refractivity contribution in [3.8, 4) is 0 Å². The molecule has 2 saturated heterocycles. The van der Waals surface area contributed by atoms with E-state index in [1.54, 1.807) is 0 Å². The van der Waals surface area contributed by atoms with Gasteiger partial charge in [0.2, 0.25) is 6.04 Å². The van der Waals surface area contributed by atoms with Crippen LogP contribution in [0.3, 0.4) is 0 Å². The van der Waals surface area contributed by atoms with E-state index in [9.17, 15) is 14.8 Å². The first-order valence-electron chi connectivity index (χ1n) is 9.21. The highest BCUT2D eigenvalue weighted by molar-refractivity contribution is 5.82. The molecule has 1 aliphatic carbocycles. The maximum absolute atomic E-state index is 13.0. The third kappa shape index (κ3) is 3.04. The summed E-state index contributed by atoms with van der Waals surface area (Å²) in [6, 6.07) is 9.56. The Bertz CT molecular complexity index is 653. The van der Waals surface area contributed by atoms with Gasteiger partial charge in [0.15, 0.2) is 0 Å². The molecule has 1 aromatic carbocycles. The number of piperidine rings is 1. The molecule has 0 aromatic heterocycles. The number of anilines is 1. The quantitative estimate of drug-likeness (QED) is 0.514. The molecule has 6 heteroatoms. The number of quaternary nitrogens is 1. The number of rotatable bonds is 3. The predicted octanol–water partition coefficient (Wildman–Crippen LogP) is 1.64. The van der Waals surface area contributed by atoms with Gasteiger partial charge in [-0.15, -0.1) is 4.65 Å². The minimum atomic E-state index is -0.724. The van der Waals surface area contributed by atoms with Crippen molar-refractivity contribution in [2.24, 2.45) is 5.41 Å². The van der Waals surface area contributed by atoms with E-state index < -0.39 is 10.7 Å². The normalized spacial score (nSPS) is 31.0. The zero-order valence-corrected chi connectivity index (χ0v) is 14.5. The van der Waals surface area contributed by atoms with Gasteiger partial charge in [-0.3, -0.25) is 4.79 Å². The lowest BCUT2D eigenvalue weighted by atomic mass is 9.89. The zero-order chi connectivity index (χ0) is 17.5. The van der Waals surface area contributed by atoms with Gasteiger partial charge in [-0.25, -0.2) is 10.0 Å². The summed E-state index contributed by atoms with van der Waals surface area (Å²) in [6.45, 7) is 3.22. The number of hydroxylamine groups is 3. The fourth-order valence-electron chi connectivity index (χ4n) is 4.44. The molecule has 0 radical (unpaired) electrons. The van der Waals surface area contributed by atoms with Crippen molar-refractivity contribution < 1.29 is 19.4 Å². The van der Waals surface area contributed by atoms with Crippen LogP contribution in [0, 0.1) is 5.41 Å². The summed E-state index contributed by atoms with van der Waals surface area (Å²) in [7, 11) is 0. The summed E-state index contributed by atoms with van der Waals surface area (Å²) in [5.74, 6) is -0.0715. The second-order valence-corrected chi connectivity index (χ2v) is 7.85. The van der Waals surface area contributed by atoms with Crippen LogP contribution >= 0.6 is 0 Å². The van der Waals surface area contributed by atoms with Gasteiger partial charge in [-0.2, -0.15) is 0 Å². The number of likely N-dealkylation sites (tertiary alicyclic amines) is 1. The Balaban J connectivity index is 1.41. The fourth-order valence-corrected chi connectivity index (χ4v) is 4.44. The molecule has 4 rings (SSSR count). The minimum absolute atomic E-state index is 0.0715. The number of hydrogen-bond donors (Lipinski definition) is 1. The summed E-state index contributed by atoms with van der Waals surface area (Å²) >= 11 is 0.